The molecule has 0 spiro atoms. The van der Waals surface area contributed by atoms with Crippen LogP contribution in [0.5, 0.6) is 11.5 Å². The highest BCUT2D eigenvalue weighted by Crippen LogP contribution is 2.39. The molecule has 8 nitrogen and oxygen atoms in total. The van der Waals surface area contributed by atoms with Crippen LogP contribution in [0.3, 0.4) is 0 Å². The fourth-order valence-corrected chi connectivity index (χ4v) is 3.77. The van der Waals surface area contributed by atoms with E-state index in [-0.39, 0.29) is 17.2 Å². The highest BCUT2D eigenvalue weighted by Gasteiger charge is 2.33. The van der Waals surface area contributed by atoms with Crippen LogP contribution >= 0.6 is 11.8 Å². The zero-order valence-electron chi connectivity index (χ0n) is 14.8. The van der Waals surface area contributed by atoms with Gasteiger partial charge in [0.2, 0.25) is 5.75 Å². The van der Waals surface area contributed by atoms with Crippen LogP contribution in [-0.2, 0) is 6.18 Å². The predicted octanol–water partition coefficient (Wildman–Crippen LogP) is 4.80. The van der Waals surface area contributed by atoms with Crippen molar-refractivity contribution in [3.05, 3.63) is 75.6 Å². The highest BCUT2D eigenvalue weighted by atomic mass is 32.2. The largest absolute Gasteiger partial charge is 0.450 e. The minimum atomic E-state index is -4.49. The van der Waals surface area contributed by atoms with E-state index in [1.54, 1.807) is 6.07 Å². The van der Waals surface area contributed by atoms with Gasteiger partial charge in [-0.1, -0.05) is 11.8 Å². The van der Waals surface area contributed by atoms with E-state index < -0.39 is 22.0 Å². The van der Waals surface area contributed by atoms with E-state index in [0.29, 0.717) is 16.3 Å². The fourth-order valence-electron chi connectivity index (χ4n) is 2.74. The first kappa shape index (κ1) is 19.9. The molecule has 1 unspecified atom stereocenters. The van der Waals surface area contributed by atoms with Gasteiger partial charge in [-0.25, -0.2) is 15.0 Å². The molecule has 2 aromatic carbocycles. The summed E-state index contributed by atoms with van der Waals surface area (Å²) in [7, 11) is 0. The average Bonchev–Trinajstić information content (AvgIpc) is 3.13. The Morgan fingerprint density at radius 2 is 1.93 bits per heavy atom. The van der Waals surface area contributed by atoms with Crippen LogP contribution in [0.4, 0.5) is 18.9 Å². The third kappa shape index (κ3) is 3.86. The van der Waals surface area contributed by atoms with Crippen LogP contribution in [0.1, 0.15) is 11.1 Å². The number of thioether (sulfide) groups is 1. The summed E-state index contributed by atoms with van der Waals surface area (Å²) in [5.41, 5.74) is -0.312. The summed E-state index contributed by atoms with van der Waals surface area (Å²) in [6.45, 7) is 0. The molecule has 0 fully saturated rings. The van der Waals surface area contributed by atoms with E-state index in [1.807, 2.05) is 0 Å². The molecule has 0 saturated heterocycles. The van der Waals surface area contributed by atoms with Gasteiger partial charge in [-0.15, -0.1) is 0 Å². The molecule has 0 saturated carbocycles. The number of hydrogen-bond acceptors (Lipinski definition) is 8. The Morgan fingerprint density at radius 1 is 1.20 bits per heavy atom. The minimum absolute atomic E-state index is 0.0238. The number of alkyl halides is 3. The van der Waals surface area contributed by atoms with Crippen LogP contribution in [0.15, 0.2) is 64.3 Å². The van der Waals surface area contributed by atoms with Crippen molar-refractivity contribution in [2.75, 3.05) is 0 Å². The van der Waals surface area contributed by atoms with Crippen LogP contribution in [-0.4, -0.2) is 31.9 Å². The topological polar surface area (TPSA) is 101 Å². The number of hydroxylamine groups is 2. The highest BCUT2D eigenvalue weighted by molar-refractivity contribution is 8.15. The number of benzene rings is 2. The molecule has 1 atom stereocenters. The maximum Gasteiger partial charge on any atom is 0.416 e. The molecule has 0 aliphatic carbocycles. The number of hydrogen-bond donors (Lipinski definition) is 1. The van der Waals surface area contributed by atoms with Crippen molar-refractivity contribution in [1.29, 1.82) is 0 Å². The van der Waals surface area contributed by atoms with E-state index >= 15 is 0 Å². The first-order chi connectivity index (χ1) is 14.2. The SMILES string of the molecule is O=[N+]([O-])c1cc(C2=NC3=CN=CN(O)C3S2)ccc1Oc1ccc(C(F)(F)F)cc1. The number of nitro benzene ring substituents is 1. The monoisotopic (exact) mass is 436 g/mol. The Labute approximate surface area is 171 Å². The van der Waals surface area contributed by atoms with Gasteiger partial charge in [-0.3, -0.25) is 15.3 Å². The number of aliphatic imine (C=N–C) groups is 2. The lowest BCUT2D eigenvalue weighted by Gasteiger charge is -2.20. The number of fused-ring (bicyclic) bond motifs is 1. The summed E-state index contributed by atoms with van der Waals surface area (Å²) in [6.07, 6.45) is -1.79. The van der Waals surface area contributed by atoms with Gasteiger partial charge in [-0.05, 0) is 36.4 Å². The van der Waals surface area contributed by atoms with Crippen LogP contribution in [0, 0.1) is 10.1 Å². The molecule has 2 aliphatic rings. The van der Waals surface area contributed by atoms with Crippen LogP contribution < -0.4 is 4.74 Å². The van der Waals surface area contributed by atoms with Gasteiger partial charge < -0.3 is 4.74 Å². The molecule has 0 amide bonds. The van der Waals surface area contributed by atoms with E-state index in [1.165, 1.54) is 36.4 Å². The van der Waals surface area contributed by atoms with Crippen molar-refractivity contribution in [2.24, 2.45) is 9.98 Å². The van der Waals surface area contributed by atoms with Crippen molar-refractivity contribution in [3.8, 4) is 11.5 Å². The molecular formula is C18H11F3N4O4S. The second-order valence-corrected chi connectivity index (χ2v) is 7.22. The van der Waals surface area contributed by atoms with Crippen LogP contribution in [0.2, 0.25) is 0 Å². The Morgan fingerprint density at radius 3 is 2.57 bits per heavy atom. The summed E-state index contributed by atoms with van der Waals surface area (Å²) < 4.78 is 43.4. The molecular weight excluding hydrogens is 425 g/mol. The third-order valence-electron chi connectivity index (χ3n) is 4.15. The summed E-state index contributed by atoms with van der Waals surface area (Å²) in [5, 5.41) is 22.2. The average molecular weight is 436 g/mol. The molecule has 2 heterocycles. The lowest BCUT2D eigenvalue weighted by molar-refractivity contribution is -0.385. The molecule has 30 heavy (non-hydrogen) atoms. The van der Waals surface area contributed by atoms with Crippen molar-refractivity contribution in [1.82, 2.24) is 5.06 Å². The first-order valence-corrected chi connectivity index (χ1v) is 9.20. The normalized spacial score (nSPS) is 18.0. The van der Waals surface area contributed by atoms with Gasteiger partial charge in [-0.2, -0.15) is 13.2 Å². The Balaban J connectivity index is 1.60. The van der Waals surface area contributed by atoms with Crippen LogP contribution in [0.25, 0.3) is 0 Å². The second-order valence-electron chi connectivity index (χ2n) is 6.15. The third-order valence-corrected chi connectivity index (χ3v) is 5.38. The molecule has 0 radical (unpaired) electrons. The number of rotatable bonds is 4. The van der Waals surface area contributed by atoms with E-state index in [4.69, 9.17) is 4.74 Å². The minimum Gasteiger partial charge on any atom is -0.450 e. The van der Waals surface area contributed by atoms with Crippen molar-refractivity contribution in [2.45, 2.75) is 11.6 Å². The van der Waals surface area contributed by atoms with Gasteiger partial charge in [0.1, 0.15) is 17.1 Å². The van der Waals surface area contributed by atoms with Crippen molar-refractivity contribution < 1.29 is 28.0 Å². The zero-order valence-corrected chi connectivity index (χ0v) is 15.6. The first-order valence-electron chi connectivity index (χ1n) is 8.32. The van der Waals surface area contributed by atoms with E-state index in [2.05, 4.69) is 9.98 Å². The van der Waals surface area contributed by atoms with Gasteiger partial charge in [0.05, 0.1) is 22.4 Å². The molecule has 4 rings (SSSR count). The lowest BCUT2D eigenvalue weighted by Crippen LogP contribution is -2.29. The summed E-state index contributed by atoms with van der Waals surface area (Å²) >= 11 is 1.19. The van der Waals surface area contributed by atoms with E-state index in [0.717, 1.165) is 29.3 Å². The Kier molecular flexibility index (Phi) is 4.95. The number of nitrogens with zero attached hydrogens (tertiary/aromatic N) is 4. The second kappa shape index (κ2) is 7.46. The summed E-state index contributed by atoms with van der Waals surface area (Å²) in [4.78, 5) is 19.0. The molecule has 154 valence electrons. The molecule has 2 aromatic rings. The molecule has 12 heteroatoms. The fraction of sp³-hybridized carbons (Fsp3) is 0.111. The maximum atomic E-state index is 12.7. The van der Waals surface area contributed by atoms with Gasteiger partial charge in [0.25, 0.3) is 0 Å². The molecule has 2 aliphatic heterocycles. The Bertz CT molecular complexity index is 1100. The van der Waals surface area contributed by atoms with Crippen molar-refractivity contribution in [3.63, 3.8) is 0 Å². The smallest absolute Gasteiger partial charge is 0.416 e. The molecule has 0 aromatic heterocycles. The molecule has 0 bridgehead atoms. The predicted molar refractivity (Wildman–Crippen MR) is 103 cm³/mol. The van der Waals surface area contributed by atoms with Gasteiger partial charge in [0.15, 0.2) is 5.37 Å². The van der Waals surface area contributed by atoms with Gasteiger partial charge in [0, 0.05) is 11.6 Å². The molecule has 1 N–H and O–H groups in total. The lowest BCUT2D eigenvalue weighted by atomic mass is 10.2. The van der Waals surface area contributed by atoms with E-state index in [9.17, 15) is 28.5 Å². The number of halogens is 3. The maximum absolute atomic E-state index is 12.7. The van der Waals surface area contributed by atoms with Gasteiger partial charge >= 0.3 is 11.9 Å². The Hall–Kier alpha value is -3.38. The van der Waals surface area contributed by atoms with Crippen molar-refractivity contribution >= 4 is 28.8 Å². The summed E-state index contributed by atoms with van der Waals surface area (Å²) in [5.74, 6) is -0.105. The number of nitro groups is 1. The zero-order chi connectivity index (χ0) is 21.5. The standard InChI is InChI=1S/C18H11F3N4O4S/c19-18(20,21)11-2-4-12(5-3-11)29-15-6-1-10(7-14(15)25(27)28)16-23-13-8-22-9-24(26)17(13)30-16/h1-9,17,26H. The quantitative estimate of drug-likeness (QED) is 0.546. The summed E-state index contributed by atoms with van der Waals surface area (Å²) in [6, 6.07) is 7.98. The number of ether oxygens (including phenoxy) is 1.